The second-order valence-corrected chi connectivity index (χ2v) is 3.74. The minimum atomic E-state index is 0.524. The number of rotatable bonds is 5. The molecule has 2 aromatic rings. The lowest BCUT2D eigenvalue weighted by Crippen LogP contribution is -2.20. The van der Waals surface area contributed by atoms with E-state index in [0.29, 0.717) is 22.9 Å². The third-order valence-electron chi connectivity index (χ3n) is 2.07. The molecule has 0 saturated carbocycles. The van der Waals surface area contributed by atoms with Crippen LogP contribution in [0, 0.1) is 0 Å². The summed E-state index contributed by atoms with van der Waals surface area (Å²) < 4.78 is 0. The Morgan fingerprint density at radius 2 is 2.22 bits per heavy atom. The number of benzene rings is 1. The Labute approximate surface area is 108 Å². The standard InChI is InChI=1S/C11H10ClN5O/c12-8-2-1-3-9(4-8)16-11-10(17-15-7-18)5-13-6-14-11/h1-7,17H,(H,15,18)(H,13,14,16). The number of anilines is 3. The maximum absolute atomic E-state index is 10.2. The third kappa shape index (κ3) is 3.08. The van der Waals surface area contributed by atoms with Gasteiger partial charge in [-0.1, -0.05) is 17.7 Å². The lowest BCUT2D eigenvalue weighted by Gasteiger charge is -2.11. The third-order valence-corrected chi connectivity index (χ3v) is 2.30. The lowest BCUT2D eigenvalue weighted by molar-refractivity contribution is -0.109. The van der Waals surface area contributed by atoms with Crippen molar-refractivity contribution in [3.8, 4) is 0 Å². The highest BCUT2D eigenvalue weighted by atomic mass is 35.5. The fraction of sp³-hybridized carbons (Fsp3) is 0. The fourth-order valence-corrected chi connectivity index (χ4v) is 1.52. The van der Waals surface area contributed by atoms with E-state index in [4.69, 9.17) is 11.6 Å². The van der Waals surface area contributed by atoms with Gasteiger partial charge in [0.25, 0.3) is 0 Å². The van der Waals surface area contributed by atoms with Crippen molar-refractivity contribution in [2.24, 2.45) is 0 Å². The Bertz CT molecular complexity index is 548. The van der Waals surface area contributed by atoms with E-state index < -0.39 is 0 Å². The number of nitrogens with one attached hydrogen (secondary N) is 3. The number of hydrogen-bond donors (Lipinski definition) is 3. The van der Waals surface area contributed by atoms with Crippen LogP contribution in [0.5, 0.6) is 0 Å². The molecule has 1 aromatic carbocycles. The van der Waals surface area contributed by atoms with Crippen LogP contribution in [-0.4, -0.2) is 16.4 Å². The molecule has 0 aliphatic heterocycles. The normalized spacial score (nSPS) is 9.61. The van der Waals surface area contributed by atoms with Crippen molar-refractivity contribution in [2.45, 2.75) is 0 Å². The maximum atomic E-state index is 10.2. The molecule has 0 fully saturated rings. The van der Waals surface area contributed by atoms with E-state index >= 15 is 0 Å². The van der Waals surface area contributed by atoms with Crippen LogP contribution in [0.15, 0.2) is 36.8 Å². The molecule has 1 amide bonds. The van der Waals surface area contributed by atoms with Gasteiger partial charge in [0.05, 0.1) is 6.20 Å². The van der Waals surface area contributed by atoms with Gasteiger partial charge in [0.1, 0.15) is 12.0 Å². The smallest absolute Gasteiger partial charge is 0.225 e. The number of amides is 1. The summed E-state index contributed by atoms with van der Waals surface area (Å²) in [6.45, 7) is 0. The summed E-state index contributed by atoms with van der Waals surface area (Å²) in [7, 11) is 0. The Morgan fingerprint density at radius 1 is 1.33 bits per heavy atom. The summed E-state index contributed by atoms with van der Waals surface area (Å²) in [5, 5.41) is 3.69. The molecule has 1 aromatic heterocycles. The molecule has 0 spiro atoms. The summed E-state index contributed by atoms with van der Waals surface area (Å²) in [5.41, 5.74) is 6.32. The van der Waals surface area contributed by atoms with Crippen LogP contribution in [0.25, 0.3) is 0 Å². The topological polar surface area (TPSA) is 78.9 Å². The van der Waals surface area contributed by atoms with Crippen LogP contribution >= 0.6 is 11.6 Å². The Kier molecular flexibility index (Phi) is 3.93. The van der Waals surface area contributed by atoms with Gasteiger partial charge in [-0.2, -0.15) is 0 Å². The Balaban J connectivity index is 2.20. The van der Waals surface area contributed by atoms with E-state index in [2.05, 4.69) is 26.1 Å². The molecule has 0 aliphatic carbocycles. The minimum absolute atomic E-state index is 0.524. The van der Waals surface area contributed by atoms with Crippen molar-refractivity contribution in [3.05, 3.63) is 41.8 Å². The van der Waals surface area contributed by atoms with E-state index in [-0.39, 0.29) is 0 Å². The van der Waals surface area contributed by atoms with Crippen LogP contribution in [-0.2, 0) is 4.79 Å². The van der Waals surface area contributed by atoms with Crippen molar-refractivity contribution >= 4 is 35.2 Å². The van der Waals surface area contributed by atoms with Gasteiger partial charge < -0.3 is 5.32 Å². The highest BCUT2D eigenvalue weighted by molar-refractivity contribution is 6.30. The van der Waals surface area contributed by atoms with Crippen molar-refractivity contribution in [1.82, 2.24) is 15.4 Å². The predicted octanol–water partition coefficient (Wildman–Crippen LogP) is 1.95. The van der Waals surface area contributed by atoms with E-state index in [9.17, 15) is 4.79 Å². The monoisotopic (exact) mass is 263 g/mol. The molecule has 92 valence electrons. The van der Waals surface area contributed by atoms with Gasteiger partial charge in [0, 0.05) is 10.7 Å². The number of aromatic nitrogens is 2. The van der Waals surface area contributed by atoms with Crippen molar-refractivity contribution < 1.29 is 4.79 Å². The molecule has 0 saturated heterocycles. The largest absolute Gasteiger partial charge is 0.338 e. The predicted molar refractivity (Wildman–Crippen MR) is 69.6 cm³/mol. The van der Waals surface area contributed by atoms with Crippen LogP contribution in [0.3, 0.4) is 0 Å². The van der Waals surface area contributed by atoms with Gasteiger partial charge in [-0.25, -0.2) is 9.97 Å². The minimum Gasteiger partial charge on any atom is -0.338 e. The van der Waals surface area contributed by atoms with Crippen molar-refractivity contribution in [1.29, 1.82) is 0 Å². The van der Waals surface area contributed by atoms with Gasteiger partial charge in [-0.15, -0.1) is 0 Å². The van der Waals surface area contributed by atoms with Crippen LogP contribution in [0.2, 0.25) is 5.02 Å². The molecule has 0 radical (unpaired) electrons. The van der Waals surface area contributed by atoms with Crippen LogP contribution in [0.1, 0.15) is 0 Å². The first-order valence-electron chi connectivity index (χ1n) is 5.07. The molecule has 0 bridgehead atoms. The Morgan fingerprint density at radius 3 is 3.00 bits per heavy atom. The zero-order chi connectivity index (χ0) is 12.8. The van der Waals surface area contributed by atoms with E-state index in [1.54, 1.807) is 12.1 Å². The summed E-state index contributed by atoms with van der Waals surface area (Å²) in [6, 6.07) is 7.22. The van der Waals surface area contributed by atoms with Crippen molar-refractivity contribution in [2.75, 3.05) is 10.7 Å². The molecule has 6 nitrogen and oxygen atoms in total. The zero-order valence-electron chi connectivity index (χ0n) is 9.22. The van der Waals surface area contributed by atoms with Gasteiger partial charge in [0.2, 0.25) is 6.41 Å². The van der Waals surface area contributed by atoms with Gasteiger partial charge in [-0.05, 0) is 18.2 Å². The summed E-state index contributed by atoms with van der Waals surface area (Å²) >= 11 is 5.89. The molecule has 0 aliphatic rings. The molecule has 2 rings (SSSR count). The lowest BCUT2D eigenvalue weighted by atomic mass is 10.3. The first kappa shape index (κ1) is 12.1. The zero-order valence-corrected chi connectivity index (χ0v) is 9.98. The first-order chi connectivity index (χ1) is 8.79. The number of hydrazine groups is 1. The van der Waals surface area contributed by atoms with Gasteiger partial charge >= 0.3 is 0 Å². The van der Waals surface area contributed by atoms with Crippen LogP contribution < -0.4 is 16.2 Å². The molecule has 0 unspecified atom stereocenters. The van der Waals surface area contributed by atoms with Gasteiger partial charge in [0.15, 0.2) is 5.82 Å². The average Bonchev–Trinajstić information content (AvgIpc) is 2.38. The number of carbonyl (C=O) groups is 1. The SMILES string of the molecule is O=CNNc1cncnc1Nc1cccc(Cl)c1. The molecule has 0 atom stereocenters. The summed E-state index contributed by atoms with van der Waals surface area (Å²) in [4.78, 5) is 18.2. The number of hydrogen-bond acceptors (Lipinski definition) is 5. The van der Waals surface area contributed by atoms with E-state index in [1.165, 1.54) is 12.5 Å². The second-order valence-electron chi connectivity index (χ2n) is 3.31. The molecule has 1 heterocycles. The van der Waals surface area contributed by atoms with E-state index in [1.807, 2.05) is 12.1 Å². The number of halogens is 1. The molecular formula is C11H10ClN5O. The van der Waals surface area contributed by atoms with Gasteiger partial charge in [-0.3, -0.25) is 15.6 Å². The number of carbonyl (C=O) groups excluding carboxylic acids is 1. The summed E-state index contributed by atoms with van der Waals surface area (Å²) in [5.74, 6) is 0.529. The highest BCUT2D eigenvalue weighted by Crippen LogP contribution is 2.23. The van der Waals surface area contributed by atoms with Crippen LogP contribution in [0.4, 0.5) is 17.2 Å². The quantitative estimate of drug-likeness (QED) is 0.568. The first-order valence-corrected chi connectivity index (χ1v) is 5.45. The molecular weight excluding hydrogens is 254 g/mol. The molecule has 7 heteroatoms. The Hall–Kier alpha value is -2.34. The average molecular weight is 264 g/mol. The molecule has 3 N–H and O–H groups in total. The second kappa shape index (κ2) is 5.83. The fourth-order valence-electron chi connectivity index (χ4n) is 1.33. The summed E-state index contributed by atoms with van der Waals surface area (Å²) in [6.07, 6.45) is 3.46. The maximum Gasteiger partial charge on any atom is 0.225 e. The van der Waals surface area contributed by atoms with Crippen molar-refractivity contribution in [3.63, 3.8) is 0 Å². The van der Waals surface area contributed by atoms with E-state index in [0.717, 1.165) is 5.69 Å². The highest BCUT2D eigenvalue weighted by Gasteiger charge is 2.03. The number of nitrogens with zero attached hydrogens (tertiary/aromatic N) is 2. The molecule has 18 heavy (non-hydrogen) atoms.